The van der Waals surface area contributed by atoms with Crippen LogP contribution in [0, 0.1) is 5.92 Å². The number of rotatable bonds is 1. The minimum atomic E-state index is 0.175. The van der Waals surface area contributed by atoms with Crippen LogP contribution in [0.5, 0.6) is 0 Å². The number of hydrogen-bond donors (Lipinski definition) is 0. The lowest BCUT2D eigenvalue weighted by Crippen LogP contribution is -2.41. The highest BCUT2D eigenvalue weighted by Gasteiger charge is 2.42. The van der Waals surface area contributed by atoms with Gasteiger partial charge in [0.15, 0.2) is 0 Å². The van der Waals surface area contributed by atoms with Gasteiger partial charge in [0.25, 0.3) is 0 Å². The van der Waals surface area contributed by atoms with Gasteiger partial charge in [0.2, 0.25) is 0 Å². The van der Waals surface area contributed by atoms with Crippen LogP contribution in [-0.4, -0.2) is 30.0 Å². The molecule has 0 aromatic heterocycles. The highest BCUT2D eigenvalue weighted by Crippen LogP contribution is 2.29. The molecule has 3 nitrogen and oxygen atoms in total. The Morgan fingerprint density at radius 3 is 3.18 bits per heavy atom. The van der Waals surface area contributed by atoms with Crippen molar-refractivity contribution in [2.24, 2.45) is 5.92 Å². The number of carbonyl (C=O) groups excluding carboxylic acids is 1. The van der Waals surface area contributed by atoms with Crippen LogP contribution in [0.2, 0.25) is 0 Å². The van der Waals surface area contributed by atoms with Crippen LogP contribution in [0.1, 0.15) is 19.8 Å². The molecule has 11 heavy (non-hydrogen) atoms. The second-order valence-corrected chi connectivity index (χ2v) is 3.23. The van der Waals surface area contributed by atoms with E-state index in [-0.39, 0.29) is 5.92 Å². The SMILES string of the molecule is CC[C@H]1[C@H]2CON1CCC2=O. The van der Waals surface area contributed by atoms with Crippen LogP contribution in [-0.2, 0) is 9.63 Å². The smallest absolute Gasteiger partial charge is 0.141 e. The molecule has 1 unspecified atom stereocenters. The Hall–Kier alpha value is -0.410. The van der Waals surface area contributed by atoms with Gasteiger partial charge >= 0.3 is 0 Å². The molecule has 3 atom stereocenters. The second-order valence-electron chi connectivity index (χ2n) is 3.23. The average Bonchev–Trinajstić information content (AvgIpc) is 2.34. The summed E-state index contributed by atoms with van der Waals surface area (Å²) in [5.41, 5.74) is 0. The molecule has 0 N–H and O–H groups in total. The quantitative estimate of drug-likeness (QED) is 0.555. The van der Waals surface area contributed by atoms with Gasteiger partial charge in [-0.1, -0.05) is 6.92 Å². The van der Waals surface area contributed by atoms with E-state index >= 15 is 0 Å². The van der Waals surface area contributed by atoms with E-state index in [1.165, 1.54) is 0 Å². The van der Waals surface area contributed by atoms with Crippen molar-refractivity contribution < 1.29 is 9.63 Å². The Balaban J connectivity index is 2.16. The molecule has 3 heteroatoms. The van der Waals surface area contributed by atoms with Crippen molar-refractivity contribution in [3.8, 4) is 0 Å². The van der Waals surface area contributed by atoms with E-state index in [0.29, 0.717) is 24.9 Å². The average molecular weight is 155 g/mol. The first-order chi connectivity index (χ1) is 5.33. The van der Waals surface area contributed by atoms with Crippen molar-refractivity contribution in [2.45, 2.75) is 25.8 Å². The molecule has 0 radical (unpaired) electrons. The number of ketones is 1. The Morgan fingerprint density at radius 1 is 1.73 bits per heavy atom. The fraction of sp³-hybridized carbons (Fsp3) is 0.875. The summed E-state index contributed by atoms with van der Waals surface area (Å²) in [5.74, 6) is 0.569. The largest absolute Gasteiger partial charge is 0.299 e. The van der Waals surface area contributed by atoms with Crippen molar-refractivity contribution >= 4 is 5.78 Å². The van der Waals surface area contributed by atoms with E-state index in [4.69, 9.17) is 4.84 Å². The van der Waals surface area contributed by atoms with Gasteiger partial charge in [-0.15, -0.1) is 0 Å². The third-order valence-electron chi connectivity index (χ3n) is 2.66. The predicted molar refractivity (Wildman–Crippen MR) is 39.9 cm³/mol. The molecule has 2 rings (SSSR count). The Bertz CT molecular complexity index is 181. The fourth-order valence-electron chi connectivity index (χ4n) is 2.02. The summed E-state index contributed by atoms with van der Waals surface area (Å²) in [6.45, 7) is 3.53. The van der Waals surface area contributed by atoms with Gasteiger partial charge < -0.3 is 0 Å². The van der Waals surface area contributed by atoms with E-state index in [0.717, 1.165) is 13.0 Å². The normalized spacial score (nSPS) is 43.0. The number of fused-ring (bicyclic) bond motifs is 2. The third kappa shape index (κ3) is 0.993. The molecule has 2 bridgehead atoms. The summed E-state index contributed by atoms with van der Waals surface area (Å²) in [6.07, 6.45) is 1.71. The van der Waals surface area contributed by atoms with Gasteiger partial charge in [-0.05, 0) is 6.42 Å². The van der Waals surface area contributed by atoms with E-state index in [9.17, 15) is 4.79 Å². The van der Waals surface area contributed by atoms with Crippen molar-refractivity contribution in [1.82, 2.24) is 5.06 Å². The molecule has 2 fully saturated rings. The molecule has 0 amide bonds. The zero-order valence-electron chi connectivity index (χ0n) is 6.75. The monoisotopic (exact) mass is 155 g/mol. The summed E-state index contributed by atoms with van der Waals surface area (Å²) in [5, 5.41) is 1.98. The number of carbonyl (C=O) groups is 1. The van der Waals surface area contributed by atoms with E-state index in [1.54, 1.807) is 0 Å². The summed E-state index contributed by atoms with van der Waals surface area (Å²) in [7, 11) is 0. The van der Waals surface area contributed by atoms with Crippen LogP contribution < -0.4 is 0 Å². The Morgan fingerprint density at radius 2 is 2.55 bits per heavy atom. The summed E-state index contributed by atoms with van der Waals surface area (Å²) >= 11 is 0. The number of piperidine rings is 1. The minimum absolute atomic E-state index is 0.175. The molecule has 0 aromatic carbocycles. The van der Waals surface area contributed by atoms with Gasteiger partial charge in [-0.2, -0.15) is 5.06 Å². The topological polar surface area (TPSA) is 29.5 Å². The minimum Gasteiger partial charge on any atom is -0.299 e. The van der Waals surface area contributed by atoms with E-state index in [2.05, 4.69) is 6.92 Å². The number of Topliss-reactive ketones (excluding diaryl/α,β-unsaturated/α-hetero) is 1. The van der Waals surface area contributed by atoms with E-state index < -0.39 is 0 Å². The summed E-state index contributed by atoms with van der Waals surface area (Å²) < 4.78 is 0. The molecular formula is C8H13NO2. The highest BCUT2D eigenvalue weighted by atomic mass is 16.7. The van der Waals surface area contributed by atoms with Crippen LogP contribution in [0.15, 0.2) is 0 Å². The van der Waals surface area contributed by atoms with Gasteiger partial charge in [-0.25, -0.2) is 0 Å². The maximum absolute atomic E-state index is 11.3. The first-order valence-electron chi connectivity index (χ1n) is 4.25. The lowest BCUT2D eigenvalue weighted by Gasteiger charge is -2.27. The van der Waals surface area contributed by atoms with Gasteiger partial charge in [0.05, 0.1) is 12.5 Å². The molecule has 2 heterocycles. The number of hydrogen-bond acceptors (Lipinski definition) is 3. The maximum atomic E-state index is 11.3. The lowest BCUT2D eigenvalue weighted by atomic mass is 9.90. The van der Waals surface area contributed by atoms with Crippen LogP contribution >= 0.6 is 0 Å². The van der Waals surface area contributed by atoms with Gasteiger partial charge in [-0.3, -0.25) is 9.63 Å². The zero-order chi connectivity index (χ0) is 7.84. The molecule has 0 spiro atoms. The molecule has 2 aliphatic rings. The van der Waals surface area contributed by atoms with Crippen molar-refractivity contribution in [1.29, 1.82) is 0 Å². The van der Waals surface area contributed by atoms with Crippen molar-refractivity contribution in [3.63, 3.8) is 0 Å². The molecule has 2 aliphatic heterocycles. The van der Waals surface area contributed by atoms with Crippen LogP contribution in [0.3, 0.4) is 0 Å². The van der Waals surface area contributed by atoms with Gasteiger partial charge in [0, 0.05) is 19.0 Å². The maximum Gasteiger partial charge on any atom is 0.141 e. The number of hydroxylamine groups is 2. The summed E-state index contributed by atoms with van der Waals surface area (Å²) in [4.78, 5) is 16.7. The molecule has 0 saturated carbocycles. The van der Waals surface area contributed by atoms with Gasteiger partial charge in [0.1, 0.15) is 5.78 Å². The van der Waals surface area contributed by atoms with Crippen molar-refractivity contribution in [3.05, 3.63) is 0 Å². The van der Waals surface area contributed by atoms with Crippen LogP contribution in [0.25, 0.3) is 0 Å². The highest BCUT2D eigenvalue weighted by molar-refractivity contribution is 5.83. The zero-order valence-corrected chi connectivity index (χ0v) is 6.75. The molecule has 0 aromatic rings. The standard InChI is InChI=1S/C8H13NO2/c1-2-7-6-5-11-9(7)4-3-8(6)10/h6-7H,2-5H2,1H3/t6-,7+/m1/s1. The van der Waals surface area contributed by atoms with E-state index in [1.807, 2.05) is 5.06 Å². The molecular weight excluding hydrogens is 142 g/mol. The second kappa shape index (κ2) is 2.57. The predicted octanol–water partition coefficient (Wildman–Crippen LogP) is 0.601. The Kier molecular flexibility index (Phi) is 1.69. The number of nitrogens with zero attached hydrogens (tertiary/aromatic N) is 1. The van der Waals surface area contributed by atoms with Crippen molar-refractivity contribution in [2.75, 3.05) is 13.2 Å². The Labute approximate surface area is 66.3 Å². The molecule has 2 saturated heterocycles. The lowest BCUT2D eigenvalue weighted by molar-refractivity contribution is -0.143. The van der Waals surface area contributed by atoms with Crippen LogP contribution in [0.4, 0.5) is 0 Å². The molecule has 62 valence electrons. The summed E-state index contributed by atoms with van der Waals surface area (Å²) in [6, 6.07) is 0.372. The molecule has 0 aliphatic carbocycles. The first kappa shape index (κ1) is 7.25. The first-order valence-corrected chi connectivity index (χ1v) is 4.25. The fourth-order valence-corrected chi connectivity index (χ4v) is 2.02. The third-order valence-corrected chi connectivity index (χ3v) is 2.66.